The molecule has 0 saturated heterocycles. The normalized spacial score (nSPS) is 10.7. The third-order valence-corrected chi connectivity index (χ3v) is 2.18. The van der Waals surface area contributed by atoms with Crippen molar-refractivity contribution in [3.63, 3.8) is 0 Å². The highest BCUT2D eigenvalue weighted by Gasteiger charge is 2.06. The summed E-state index contributed by atoms with van der Waals surface area (Å²) in [7, 11) is 0. The lowest BCUT2D eigenvalue weighted by Crippen LogP contribution is -2.20. The van der Waals surface area contributed by atoms with Gasteiger partial charge in [0.05, 0.1) is 0 Å². The van der Waals surface area contributed by atoms with Gasteiger partial charge in [0.15, 0.2) is 5.11 Å². The fourth-order valence-corrected chi connectivity index (χ4v) is 1.28. The Morgan fingerprint density at radius 3 is 3.00 bits per heavy atom. The van der Waals surface area contributed by atoms with Crippen molar-refractivity contribution < 1.29 is 9.52 Å². The number of thiocarbonyl (C=S) groups is 1. The Morgan fingerprint density at radius 2 is 2.41 bits per heavy atom. The fraction of sp³-hybridized carbons (Fsp3) is 0.364. The van der Waals surface area contributed by atoms with E-state index in [1.165, 1.54) is 12.3 Å². The summed E-state index contributed by atoms with van der Waals surface area (Å²) in [5.74, 6) is 0.178. The van der Waals surface area contributed by atoms with Gasteiger partial charge in [0.25, 0.3) is 0 Å². The number of nitrogens with zero attached hydrogens (tertiary/aromatic N) is 1. The highest BCUT2D eigenvalue weighted by atomic mass is 32.1. The van der Waals surface area contributed by atoms with E-state index in [-0.39, 0.29) is 16.4 Å². The molecule has 0 atom stereocenters. The highest BCUT2D eigenvalue weighted by Crippen LogP contribution is 2.12. The number of aromatic hydroxyl groups is 1. The van der Waals surface area contributed by atoms with E-state index in [0.717, 1.165) is 6.42 Å². The molecule has 0 aliphatic rings. The summed E-state index contributed by atoms with van der Waals surface area (Å²) in [6.45, 7) is 4.29. The van der Waals surface area contributed by atoms with Crippen molar-refractivity contribution in [3.8, 4) is 5.75 Å². The van der Waals surface area contributed by atoms with Gasteiger partial charge in [-0.05, 0) is 25.6 Å². The Morgan fingerprint density at radius 1 is 1.71 bits per heavy atom. The molecule has 0 amide bonds. The summed E-state index contributed by atoms with van der Waals surface area (Å²) < 4.78 is 4.83. The van der Waals surface area contributed by atoms with Gasteiger partial charge in [0.1, 0.15) is 17.1 Å². The molecule has 1 aromatic rings. The van der Waals surface area contributed by atoms with Crippen molar-refractivity contribution in [2.75, 3.05) is 6.54 Å². The first-order valence-electron chi connectivity index (χ1n) is 5.20. The number of hydrogen-bond acceptors (Lipinski definition) is 4. The zero-order chi connectivity index (χ0) is 12.8. The van der Waals surface area contributed by atoms with Crippen LogP contribution in [0.25, 0.3) is 0 Å². The van der Waals surface area contributed by atoms with E-state index in [1.807, 2.05) is 6.92 Å². The first kappa shape index (κ1) is 13.4. The minimum atomic E-state index is -0.635. The Labute approximate surface area is 104 Å². The lowest BCUT2D eigenvalue weighted by molar-refractivity contribution is 0.433. The zero-order valence-corrected chi connectivity index (χ0v) is 10.5. The van der Waals surface area contributed by atoms with E-state index in [1.54, 1.807) is 6.92 Å². The lowest BCUT2D eigenvalue weighted by Gasteiger charge is -2.01. The predicted octanol–water partition coefficient (Wildman–Crippen LogP) is 1.36. The van der Waals surface area contributed by atoms with Crippen molar-refractivity contribution in [1.82, 2.24) is 5.32 Å². The maximum absolute atomic E-state index is 11.4. The van der Waals surface area contributed by atoms with Gasteiger partial charge in [0.2, 0.25) is 0 Å². The van der Waals surface area contributed by atoms with Crippen LogP contribution in [0.1, 0.15) is 24.7 Å². The SMILES string of the molecule is CCCNC(=S)/N=C/c1c(O)cc(C)oc1=O. The molecule has 0 bridgehead atoms. The standard InChI is InChI=1S/C11H14N2O3S/c1-3-4-12-11(17)13-6-8-9(14)5-7(2)16-10(8)15/h5-6,14H,3-4H2,1-2H3,(H,12,17)/b13-6+. The van der Waals surface area contributed by atoms with Gasteiger partial charge in [-0.3, -0.25) is 0 Å². The number of aryl methyl sites for hydroxylation is 1. The Bertz CT molecular complexity index is 494. The molecular formula is C11H14N2O3S. The van der Waals surface area contributed by atoms with Crippen molar-refractivity contribution >= 4 is 23.5 Å². The van der Waals surface area contributed by atoms with E-state index >= 15 is 0 Å². The molecule has 0 saturated carbocycles. The molecule has 5 nitrogen and oxygen atoms in total. The van der Waals surface area contributed by atoms with Crippen LogP contribution in [0.3, 0.4) is 0 Å². The van der Waals surface area contributed by atoms with E-state index in [2.05, 4.69) is 10.3 Å². The average molecular weight is 254 g/mol. The summed E-state index contributed by atoms with van der Waals surface area (Å²) >= 11 is 4.91. The molecule has 0 unspecified atom stereocenters. The molecule has 6 heteroatoms. The smallest absolute Gasteiger partial charge is 0.348 e. The molecule has 0 radical (unpaired) electrons. The number of hydrogen-bond donors (Lipinski definition) is 2. The van der Waals surface area contributed by atoms with Crippen LogP contribution < -0.4 is 10.9 Å². The largest absolute Gasteiger partial charge is 0.507 e. The van der Waals surface area contributed by atoms with Gasteiger partial charge in [0, 0.05) is 18.8 Å². The van der Waals surface area contributed by atoms with Gasteiger partial charge in [-0.15, -0.1) is 0 Å². The average Bonchev–Trinajstić information content (AvgIpc) is 2.24. The molecular weight excluding hydrogens is 240 g/mol. The van der Waals surface area contributed by atoms with E-state index in [4.69, 9.17) is 16.6 Å². The zero-order valence-electron chi connectivity index (χ0n) is 9.69. The maximum Gasteiger partial charge on any atom is 0.348 e. The molecule has 2 N–H and O–H groups in total. The van der Waals surface area contributed by atoms with Crippen LogP contribution in [-0.2, 0) is 0 Å². The number of aliphatic imine (C=N–C) groups is 1. The molecule has 0 spiro atoms. The summed E-state index contributed by atoms with van der Waals surface area (Å²) in [5, 5.41) is 12.7. The van der Waals surface area contributed by atoms with Crippen molar-refractivity contribution in [1.29, 1.82) is 0 Å². The van der Waals surface area contributed by atoms with Crippen LogP contribution in [0.4, 0.5) is 0 Å². The Balaban J connectivity index is 2.85. The second-order valence-corrected chi connectivity index (χ2v) is 3.82. The molecule has 92 valence electrons. The number of rotatable bonds is 3. The fourth-order valence-electron chi connectivity index (χ4n) is 1.13. The quantitative estimate of drug-likeness (QED) is 0.629. The van der Waals surface area contributed by atoms with E-state index in [0.29, 0.717) is 12.3 Å². The summed E-state index contributed by atoms with van der Waals surface area (Å²) in [6, 6.07) is 1.35. The van der Waals surface area contributed by atoms with Crippen LogP contribution in [0.2, 0.25) is 0 Å². The molecule has 17 heavy (non-hydrogen) atoms. The van der Waals surface area contributed by atoms with Crippen LogP contribution in [0.15, 0.2) is 20.3 Å². The predicted molar refractivity (Wildman–Crippen MR) is 69.9 cm³/mol. The highest BCUT2D eigenvalue weighted by molar-refractivity contribution is 7.80. The van der Waals surface area contributed by atoms with Gasteiger partial charge >= 0.3 is 5.63 Å². The molecule has 1 aromatic heterocycles. The monoisotopic (exact) mass is 254 g/mol. The van der Waals surface area contributed by atoms with Crippen LogP contribution >= 0.6 is 12.2 Å². The van der Waals surface area contributed by atoms with Crippen LogP contribution in [0, 0.1) is 6.92 Å². The lowest BCUT2D eigenvalue weighted by atomic mass is 10.2. The van der Waals surface area contributed by atoms with Crippen LogP contribution in [-0.4, -0.2) is 23.0 Å². The van der Waals surface area contributed by atoms with Crippen molar-refractivity contribution in [2.24, 2.45) is 4.99 Å². The second-order valence-electron chi connectivity index (χ2n) is 3.43. The molecule has 0 aliphatic carbocycles. The van der Waals surface area contributed by atoms with E-state index < -0.39 is 5.63 Å². The summed E-state index contributed by atoms with van der Waals surface area (Å²) in [5.41, 5.74) is -0.638. The topological polar surface area (TPSA) is 74.8 Å². The Hall–Kier alpha value is -1.69. The van der Waals surface area contributed by atoms with Gasteiger partial charge in [-0.25, -0.2) is 9.79 Å². The Kier molecular flexibility index (Phi) is 4.84. The molecule has 0 aromatic carbocycles. The van der Waals surface area contributed by atoms with Gasteiger partial charge in [-0.2, -0.15) is 0 Å². The molecule has 0 aliphatic heterocycles. The van der Waals surface area contributed by atoms with Crippen LogP contribution in [0.5, 0.6) is 5.75 Å². The third kappa shape index (κ3) is 3.99. The van der Waals surface area contributed by atoms with Crippen molar-refractivity contribution in [2.45, 2.75) is 20.3 Å². The second kappa shape index (κ2) is 6.15. The van der Waals surface area contributed by atoms with Crippen molar-refractivity contribution in [3.05, 3.63) is 27.8 Å². The first-order valence-corrected chi connectivity index (χ1v) is 5.61. The minimum Gasteiger partial charge on any atom is -0.507 e. The van der Waals surface area contributed by atoms with E-state index in [9.17, 15) is 9.90 Å². The van der Waals surface area contributed by atoms with Gasteiger partial charge in [-0.1, -0.05) is 6.92 Å². The summed E-state index contributed by atoms with van der Waals surface area (Å²) in [6.07, 6.45) is 2.12. The third-order valence-electron chi connectivity index (χ3n) is 1.93. The molecule has 0 fully saturated rings. The molecule has 1 rings (SSSR count). The maximum atomic E-state index is 11.4. The first-order chi connectivity index (χ1) is 8.04. The minimum absolute atomic E-state index is 0.00347. The molecule has 1 heterocycles. The summed E-state index contributed by atoms with van der Waals surface area (Å²) in [4.78, 5) is 15.3. The number of nitrogens with one attached hydrogen (secondary N) is 1. The van der Waals surface area contributed by atoms with Gasteiger partial charge < -0.3 is 14.8 Å².